The Morgan fingerprint density at radius 3 is 2.33 bits per heavy atom. The van der Waals surface area contributed by atoms with Crippen LogP contribution in [0.15, 0.2) is 18.2 Å². The van der Waals surface area contributed by atoms with Crippen molar-refractivity contribution in [2.45, 2.75) is 12.4 Å². The van der Waals surface area contributed by atoms with Gasteiger partial charge in [-0.05, 0) is 18.2 Å². The normalized spacial score (nSPS) is 16.5. The number of rotatable bonds is 5. The molecule has 0 spiro atoms. The maximum Gasteiger partial charge on any atom is 0.573 e. The van der Waals surface area contributed by atoms with Crippen LogP contribution in [0.4, 0.5) is 17.6 Å². The van der Waals surface area contributed by atoms with Crippen LogP contribution < -0.4 is 14.8 Å². The van der Waals surface area contributed by atoms with Crippen molar-refractivity contribution < 1.29 is 27.0 Å². The highest BCUT2D eigenvalue weighted by Gasteiger charge is 2.32. The number of hydrogen-bond acceptors (Lipinski definition) is 4. The second-order valence-corrected chi connectivity index (χ2v) is 4.91. The lowest BCUT2D eigenvalue weighted by Gasteiger charge is -2.34. The second-order valence-electron chi connectivity index (χ2n) is 4.91. The first kappa shape index (κ1) is 23.0. The van der Waals surface area contributed by atoms with Gasteiger partial charge in [0.15, 0.2) is 0 Å². The van der Waals surface area contributed by atoms with Gasteiger partial charge in [-0.2, -0.15) is 0 Å². The van der Waals surface area contributed by atoms with E-state index in [0.717, 1.165) is 6.07 Å². The largest absolute Gasteiger partial charge is 0.573 e. The molecule has 2 rings (SSSR count). The minimum atomic E-state index is -4.79. The third kappa shape index (κ3) is 6.16. The van der Waals surface area contributed by atoms with Crippen molar-refractivity contribution in [3.8, 4) is 11.5 Å². The van der Waals surface area contributed by atoms with E-state index in [-0.39, 0.29) is 30.6 Å². The number of benzene rings is 1. The summed E-state index contributed by atoms with van der Waals surface area (Å²) in [6, 6.07) is 3.05. The van der Waals surface area contributed by atoms with Gasteiger partial charge in [0.05, 0.1) is 13.2 Å². The van der Waals surface area contributed by atoms with Crippen LogP contribution in [0.2, 0.25) is 0 Å². The number of ether oxygens (including phenoxy) is 2. The van der Waals surface area contributed by atoms with Crippen LogP contribution in [0, 0.1) is 0 Å². The Morgan fingerprint density at radius 2 is 1.83 bits per heavy atom. The highest BCUT2D eigenvalue weighted by Crippen LogP contribution is 2.35. The van der Waals surface area contributed by atoms with Crippen LogP contribution in [-0.4, -0.2) is 51.2 Å². The lowest BCUT2D eigenvalue weighted by atomic mass is 10.0. The van der Waals surface area contributed by atoms with Gasteiger partial charge < -0.3 is 14.8 Å². The highest BCUT2D eigenvalue weighted by atomic mass is 35.5. The maximum atomic E-state index is 13.5. The summed E-state index contributed by atoms with van der Waals surface area (Å²) in [5, 5.41) is 3.15. The number of nitrogens with zero attached hydrogens (tertiary/aromatic N) is 1. The lowest BCUT2D eigenvalue weighted by Crippen LogP contribution is -2.45. The Balaban J connectivity index is 0.00000264. The highest BCUT2D eigenvalue weighted by molar-refractivity contribution is 5.85. The molecule has 0 bridgehead atoms. The molecule has 0 unspecified atom stereocenters. The van der Waals surface area contributed by atoms with E-state index in [0.29, 0.717) is 37.5 Å². The monoisotopic (exact) mass is 394 g/mol. The minimum absolute atomic E-state index is 0. The van der Waals surface area contributed by atoms with Crippen molar-refractivity contribution in [1.29, 1.82) is 0 Å². The summed E-state index contributed by atoms with van der Waals surface area (Å²) in [6.45, 7) is 1.92. The SMILES string of the molecule is COc1ccc(OC(F)(F)F)cc1[C@H](CF)N1CCNCC1.Cl.Cl. The maximum absolute atomic E-state index is 13.5. The third-order valence-electron chi connectivity index (χ3n) is 3.53. The van der Waals surface area contributed by atoms with Crippen LogP contribution in [0.1, 0.15) is 11.6 Å². The molecule has 1 aliphatic rings. The number of piperazine rings is 1. The summed E-state index contributed by atoms with van der Waals surface area (Å²) in [5.41, 5.74) is 0.355. The van der Waals surface area contributed by atoms with E-state index in [9.17, 15) is 17.6 Å². The number of alkyl halides is 4. The Morgan fingerprint density at radius 1 is 1.21 bits per heavy atom. The van der Waals surface area contributed by atoms with Gasteiger partial charge >= 0.3 is 6.36 Å². The van der Waals surface area contributed by atoms with Gasteiger partial charge in [0.2, 0.25) is 0 Å². The summed E-state index contributed by atoms with van der Waals surface area (Å²) < 4.78 is 59.6. The van der Waals surface area contributed by atoms with Crippen molar-refractivity contribution in [1.82, 2.24) is 10.2 Å². The standard InChI is InChI=1S/C14H18F4N2O2.2ClH/c1-21-13-3-2-10(22-14(16,17)18)8-11(13)12(9-15)20-6-4-19-5-7-20;;/h2-3,8,12,19H,4-7,9H2,1H3;2*1H/t12-;;/m0../s1. The molecule has 1 fully saturated rings. The molecule has 1 N–H and O–H groups in total. The zero-order chi connectivity index (χ0) is 16.2. The van der Waals surface area contributed by atoms with Gasteiger partial charge in [-0.3, -0.25) is 4.90 Å². The second kappa shape index (κ2) is 10.1. The Bertz CT molecular complexity index is 500. The van der Waals surface area contributed by atoms with E-state index in [4.69, 9.17) is 4.74 Å². The molecule has 1 saturated heterocycles. The zero-order valence-corrected chi connectivity index (χ0v) is 14.6. The van der Waals surface area contributed by atoms with Crippen LogP contribution in [0.3, 0.4) is 0 Å². The average Bonchev–Trinajstić information content (AvgIpc) is 2.48. The summed E-state index contributed by atoms with van der Waals surface area (Å²) >= 11 is 0. The van der Waals surface area contributed by atoms with Gasteiger partial charge in [0.1, 0.15) is 18.2 Å². The number of hydrogen-bond donors (Lipinski definition) is 1. The van der Waals surface area contributed by atoms with E-state index >= 15 is 0 Å². The number of nitrogens with one attached hydrogen (secondary N) is 1. The van der Waals surface area contributed by atoms with Crippen LogP contribution in [0.25, 0.3) is 0 Å². The van der Waals surface area contributed by atoms with E-state index < -0.39 is 19.1 Å². The summed E-state index contributed by atoms with van der Waals surface area (Å²) in [4.78, 5) is 1.88. The molecular formula is C14H20Cl2F4N2O2. The molecule has 0 saturated carbocycles. The molecule has 0 amide bonds. The van der Waals surface area contributed by atoms with Crippen LogP contribution in [-0.2, 0) is 0 Å². The van der Waals surface area contributed by atoms with Crippen molar-refractivity contribution >= 4 is 24.8 Å². The molecule has 0 aromatic heterocycles. The minimum Gasteiger partial charge on any atom is -0.496 e. The van der Waals surface area contributed by atoms with E-state index in [1.807, 2.05) is 4.90 Å². The van der Waals surface area contributed by atoms with Crippen molar-refractivity contribution in [2.24, 2.45) is 0 Å². The summed E-state index contributed by atoms with van der Waals surface area (Å²) in [5.74, 6) is -0.0346. The van der Waals surface area contributed by atoms with Crippen molar-refractivity contribution in [3.05, 3.63) is 23.8 Å². The van der Waals surface area contributed by atoms with E-state index in [2.05, 4.69) is 10.1 Å². The molecule has 0 aliphatic carbocycles. The first-order chi connectivity index (χ1) is 10.4. The third-order valence-corrected chi connectivity index (χ3v) is 3.53. The molecule has 4 nitrogen and oxygen atoms in total. The van der Waals surface area contributed by atoms with Gasteiger partial charge in [0, 0.05) is 31.7 Å². The molecule has 1 aromatic rings. The summed E-state index contributed by atoms with van der Waals surface area (Å²) in [7, 11) is 1.40. The molecule has 24 heavy (non-hydrogen) atoms. The van der Waals surface area contributed by atoms with Gasteiger partial charge in [-0.15, -0.1) is 38.0 Å². The number of methoxy groups -OCH3 is 1. The summed E-state index contributed by atoms with van der Waals surface area (Å²) in [6.07, 6.45) is -4.79. The Labute approximate surface area is 150 Å². The predicted octanol–water partition coefficient (Wildman–Crippen LogP) is 3.35. The van der Waals surface area contributed by atoms with Crippen LogP contribution in [0.5, 0.6) is 11.5 Å². The molecule has 0 radical (unpaired) electrons. The molecular weight excluding hydrogens is 375 g/mol. The van der Waals surface area contributed by atoms with E-state index in [1.54, 1.807) is 0 Å². The Kier molecular flexibility index (Phi) is 9.72. The molecule has 1 aliphatic heterocycles. The quantitative estimate of drug-likeness (QED) is 0.776. The topological polar surface area (TPSA) is 33.7 Å². The average molecular weight is 395 g/mol. The van der Waals surface area contributed by atoms with Crippen molar-refractivity contribution in [3.63, 3.8) is 0 Å². The van der Waals surface area contributed by atoms with Crippen LogP contribution >= 0.6 is 24.8 Å². The first-order valence-electron chi connectivity index (χ1n) is 6.89. The number of halogens is 6. The van der Waals surface area contributed by atoms with Gasteiger partial charge in [-0.25, -0.2) is 4.39 Å². The van der Waals surface area contributed by atoms with E-state index in [1.165, 1.54) is 19.2 Å². The molecule has 1 heterocycles. The fourth-order valence-electron chi connectivity index (χ4n) is 2.54. The van der Waals surface area contributed by atoms with Gasteiger partial charge in [-0.1, -0.05) is 0 Å². The van der Waals surface area contributed by atoms with Crippen molar-refractivity contribution in [2.75, 3.05) is 40.0 Å². The molecule has 1 aromatic carbocycles. The predicted molar refractivity (Wildman–Crippen MR) is 87.3 cm³/mol. The van der Waals surface area contributed by atoms with Gasteiger partial charge in [0.25, 0.3) is 0 Å². The lowest BCUT2D eigenvalue weighted by molar-refractivity contribution is -0.274. The molecule has 10 heteroatoms. The fraction of sp³-hybridized carbons (Fsp3) is 0.571. The molecule has 140 valence electrons. The fourth-order valence-corrected chi connectivity index (χ4v) is 2.54. The molecule has 1 atom stereocenters. The first-order valence-corrected chi connectivity index (χ1v) is 6.89. The Hall–Kier alpha value is -0.960. The smallest absolute Gasteiger partial charge is 0.496 e. The zero-order valence-electron chi connectivity index (χ0n) is 12.9.